The molecule has 2 aromatic heterocycles. The summed E-state index contributed by atoms with van der Waals surface area (Å²) in [5.41, 5.74) is 0.571. The lowest BCUT2D eigenvalue weighted by Crippen LogP contribution is -2.26. The molecule has 2 N–H and O–H groups in total. The minimum Gasteiger partial charge on any atom is -0.396 e. The summed E-state index contributed by atoms with van der Waals surface area (Å²) in [5, 5.41) is 12.2. The second-order valence-electron chi connectivity index (χ2n) is 7.43. The first-order chi connectivity index (χ1) is 13.1. The van der Waals surface area contributed by atoms with Crippen molar-refractivity contribution in [2.75, 3.05) is 31.1 Å². The van der Waals surface area contributed by atoms with E-state index in [2.05, 4.69) is 38.6 Å². The largest absolute Gasteiger partial charge is 0.396 e. The van der Waals surface area contributed by atoms with Crippen LogP contribution in [0.2, 0.25) is 0 Å². The number of hydrogen-bond donors (Lipinski definition) is 2. The first-order valence-corrected chi connectivity index (χ1v) is 9.69. The maximum absolute atomic E-state index is 12.3. The molecule has 0 spiro atoms. The third kappa shape index (κ3) is 4.86. The first kappa shape index (κ1) is 19.4. The van der Waals surface area contributed by atoms with E-state index in [-0.39, 0.29) is 12.5 Å². The second kappa shape index (κ2) is 8.99. The lowest BCUT2D eigenvalue weighted by molar-refractivity contribution is 0.0952. The van der Waals surface area contributed by atoms with Crippen LogP contribution in [0.25, 0.3) is 0 Å². The third-order valence-corrected chi connectivity index (χ3v) is 5.00. The van der Waals surface area contributed by atoms with Crippen molar-refractivity contribution < 1.29 is 9.90 Å². The fourth-order valence-electron chi connectivity index (χ4n) is 3.46. The highest BCUT2D eigenvalue weighted by molar-refractivity contribution is 5.94. The average molecular weight is 371 g/mol. The number of nitrogens with one attached hydrogen (secondary N) is 1. The highest BCUT2D eigenvalue weighted by Gasteiger charge is 2.22. The number of pyridine rings is 1. The fraction of sp³-hybridized carbons (Fsp3) is 0.550. The Kier molecular flexibility index (Phi) is 6.45. The lowest BCUT2D eigenvalue weighted by Gasteiger charge is -2.17. The zero-order valence-electron chi connectivity index (χ0n) is 16.1. The normalized spacial score (nSPS) is 16.9. The Morgan fingerprint density at radius 3 is 2.89 bits per heavy atom. The quantitative estimate of drug-likeness (QED) is 0.694. The molecule has 146 valence electrons. The molecule has 0 aliphatic carbocycles. The van der Waals surface area contributed by atoms with E-state index < -0.39 is 0 Å². The third-order valence-electron chi connectivity index (χ3n) is 5.00. The Morgan fingerprint density at radius 1 is 1.37 bits per heavy atom. The van der Waals surface area contributed by atoms with Crippen LogP contribution in [0.3, 0.4) is 0 Å². The van der Waals surface area contributed by atoms with E-state index in [1.165, 1.54) is 0 Å². The summed E-state index contributed by atoms with van der Waals surface area (Å²) in [5.74, 6) is 2.55. The van der Waals surface area contributed by atoms with Gasteiger partial charge in [0.05, 0.1) is 5.56 Å². The van der Waals surface area contributed by atoms with Crippen molar-refractivity contribution in [3.63, 3.8) is 0 Å². The summed E-state index contributed by atoms with van der Waals surface area (Å²) in [6, 6.07) is 3.70. The summed E-state index contributed by atoms with van der Waals surface area (Å²) in [6.07, 6.45) is 7.27. The maximum atomic E-state index is 12.3. The van der Waals surface area contributed by atoms with Crippen LogP contribution in [0.5, 0.6) is 0 Å². The summed E-state index contributed by atoms with van der Waals surface area (Å²) in [6.45, 7) is 7.64. The Morgan fingerprint density at radius 2 is 2.22 bits per heavy atom. The molecule has 27 heavy (non-hydrogen) atoms. The van der Waals surface area contributed by atoms with E-state index in [0.29, 0.717) is 23.9 Å². The van der Waals surface area contributed by atoms with Gasteiger partial charge in [-0.05, 0) is 25.0 Å². The Bertz CT molecular complexity index is 741. The van der Waals surface area contributed by atoms with Gasteiger partial charge in [-0.3, -0.25) is 4.79 Å². The van der Waals surface area contributed by atoms with Crippen LogP contribution in [0.4, 0.5) is 5.82 Å². The van der Waals surface area contributed by atoms with Gasteiger partial charge in [0, 0.05) is 63.2 Å². The molecule has 0 bridgehead atoms. The standard InChI is InChI=1S/C20H29N5O2/c1-15(2)19-21-8-11-24(19)9-3-7-22-20(27)17-4-5-18(23-12-17)25-10-6-16(13-25)14-26/h4-5,8,11-12,15-16,26H,3,6-7,9-10,13-14H2,1-2H3,(H,22,27)/t16-/m0/s1. The highest BCUT2D eigenvalue weighted by Crippen LogP contribution is 2.21. The number of nitrogens with zero attached hydrogens (tertiary/aromatic N) is 4. The van der Waals surface area contributed by atoms with E-state index in [0.717, 1.165) is 44.1 Å². The van der Waals surface area contributed by atoms with Crippen molar-refractivity contribution >= 4 is 11.7 Å². The van der Waals surface area contributed by atoms with E-state index >= 15 is 0 Å². The molecular weight excluding hydrogens is 342 g/mol. The van der Waals surface area contributed by atoms with Crippen molar-refractivity contribution in [1.29, 1.82) is 0 Å². The molecule has 1 aliphatic heterocycles. The minimum absolute atomic E-state index is 0.0987. The number of rotatable bonds is 8. The smallest absolute Gasteiger partial charge is 0.252 e. The van der Waals surface area contributed by atoms with Crippen molar-refractivity contribution in [1.82, 2.24) is 19.9 Å². The molecule has 1 amide bonds. The molecule has 0 saturated carbocycles. The number of aromatic nitrogens is 3. The summed E-state index contributed by atoms with van der Waals surface area (Å²) in [7, 11) is 0. The predicted octanol–water partition coefficient (Wildman–Crippen LogP) is 2.04. The zero-order chi connectivity index (χ0) is 19.2. The summed E-state index contributed by atoms with van der Waals surface area (Å²) >= 11 is 0. The molecule has 1 saturated heterocycles. The van der Waals surface area contributed by atoms with Crippen molar-refractivity contribution in [3.05, 3.63) is 42.1 Å². The van der Waals surface area contributed by atoms with E-state index in [4.69, 9.17) is 0 Å². The van der Waals surface area contributed by atoms with E-state index in [9.17, 15) is 9.90 Å². The molecule has 1 atom stereocenters. The van der Waals surface area contributed by atoms with Crippen LogP contribution in [0, 0.1) is 5.92 Å². The minimum atomic E-state index is -0.0987. The molecule has 2 aromatic rings. The summed E-state index contributed by atoms with van der Waals surface area (Å²) in [4.78, 5) is 23.2. The molecule has 0 radical (unpaired) electrons. The van der Waals surface area contributed by atoms with Gasteiger partial charge in [-0.25, -0.2) is 9.97 Å². The fourth-order valence-corrected chi connectivity index (χ4v) is 3.46. The van der Waals surface area contributed by atoms with Gasteiger partial charge < -0.3 is 19.9 Å². The number of aryl methyl sites for hydroxylation is 1. The van der Waals surface area contributed by atoms with Crippen LogP contribution < -0.4 is 10.2 Å². The van der Waals surface area contributed by atoms with Crippen LogP contribution in [0.15, 0.2) is 30.7 Å². The van der Waals surface area contributed by atoms with Crippen molar-refractivity contribution in [3.8, 4) is 0 Å². The van der Waals surface area contributed by atoms with E-state index in [1.807, 2.05) is 24.5 Å². The van der Waals surface area contributed by atoms with Crippen LogP contribution >= 0.6 is 0 Å². The molecule has 1 aliphatic rings. The maximum Gasteiger partial charge on any atom is 0.252 e. The molecular formula is C20H29N5O2. The number of anilines is 1. The second-order valence-corrected chi connectivity index (χ2v) is 7.43. The van der Waals surface area contributed by atoms with Gasteiger partial charge in [0.1, 0.15) is 11.6 Å². The Balaban J connectivity index is 1.45. The summed E-state index contributed by atoms with van der Waals surface area (Å²) < 4.78 is 2.14. The lowest BCUT2D eigenvalue weighted by atomic mass is 10.1. The zero-order valence-corrected chi connectivity index (χ0v) is 16.1. The molecule has 1 fully saturated rings. The number of amides is 1. The molecule has 7 nitrogen and oxygen atoms in total. The van der Waals surface area contributed by atoms with Crippen LogP contribution in [-0.2, 0) is 6.54 Å². The topological polar surface area (TPSA) is 83.3 Å². The first-order valence-electron chi connectivity index (χ1n) is 9.69. The number of carbonyl (C=O) groups excluding carboxylic acids is 1. The van der Waals surface area contributed by atoms with Crippen LogP contribution in [0.1, 0.15) is 48.8 Å². The van der Waals surface area contributed by atoms with Gasteiger partial charge in [-0.15, -0.1) is 0 Å². The molecule has 7 heteroatoms. The van der Waals surface area contributed by atoms with E-state index in [1.54, 1.807) is 6.20 Å². The molecule has 0 unspecified atom stereocenters. The van der Waals surface area contributed by atoms with Crippen LogP contribution in [-0.4, -0.2) is 51.8 Å². The average Bonchev–Trinajstić information content (AvgIpc) is 3.34. The molecule has 3 rings (SSSR count). The highest BCUT2D eigenvalue weighted by atomic mass is 16.3. The van der Waals surface area contributed by atoms with Crippen molar-refractivity contribution in [2.24, 2.45) is 5.92 Å². The van der Waals surface area contributed by atoms with Gasteiger partial charge >= 0.3 is 0 Å². The number of aliphatic hydroxyl groups excluding tert-OH is 1. The predicted molar refractivity (Wildman–Crippen MR) is 105 cm³/mol. The number of imidazole rings is 1. The van der Waals surface area contributed by atoms with Gasteiger partial charge in [-0.1, -0.05) is 13.8 Å². The Hall–Kier alpha value is -2.41. The van der Waals surface area contributed by atoms with Gasteiger partial charge in [0.2, 0.25) is 0 Å². The monoisotopic (exact) mass is 371 g/mol. The number of aliphatic hydroxyl groups is 1. The van der Waals surface area contributed by atoms with Gasteiger partial charge in [0.15, 0.2) is 0 Å². The van der Waals surface area contributed by atoms with Crippen molar-refractivity contribution in [2.45, 2.75) is 39.2 Å². The van der Waals surface area contributed by atoms with Gasteiger partial charge in [0.25, 0.3) is 5.91 Å². The molecule has 3 heterocycles. The SMILES string of the molecule is CC(C)c1nccn1CCCNC(=O)c1ccc(N2CC[C@H](CO)C2)nc1. The number of hydrogen-bond acceptors (Lipinski definition) is 5. The molecule has 0 aromatic carbocycles. The Labute approximate surface area is 160 Å². The number of carbonyl (C=O) groups is 1. The van der Waals surface area contributed by atoms with Gasteiger partial charge in [-0.2, -0.15) is 0 Å².